The molecule has 1 N–H and O–H groups in total. The molecule has 2 rings (SSSR count). The number of piperidine rings is 1. The van der Waals surface area contributed by atoms with Gasteiger partial charge in [-0.3, -0.25) is 0 Å². The maximum atomic E-state index is 3.44. The lowest BCUT2D eigenvalue weighted by Crippen LogP contribution is -2.27. The lowest BCUT2D eigenvalue weighted by molar-refractivity contribution is 0.347. The molecule has 0 saturated carbocycles. The largest absolute Gasteiger partial charge is 0.317 e. The molecule has 0 atom stereocenters. The molecular weight excluding hydrogens is 206 g/mol. The molecule has 0 aliphatic carbocycles. The van der Waals surface area contributed by atoms with Gasteiger partial charge >= 0.3 is 0 Å². The Morgan fingerprint density at radius 1 is 1.06 bits per heavy atom. The Morgan fingerprint density at radius 2 is 1.71 bits per heavy atom. The van der Waals surface area contributed by atoms with Crippen LogP contribution < -0.4 is 5.32 Å². The summed E-state index contributed by atoms with van der Waals surface area (Å²) in [5, 5.41) is 3.44. The highest BCUT2D eigenvalue weighted by atomic mass is 14.9. The monoisotopic (exact) mass is 231 g/mol. The van der Waals surface area contributed by atoms with E-state index in [9.17, 15) is 0 Å². The molecule has 1 fully saturated rings. The third kappa shape index (κ3) is 4.16. The predicted octanol–water partition coefficient (Wildman–Crippen LogP) is 3.57. The fourth-order valence-electron chi connectivity index (χ4n) is 2.71. The van der Waals surface area contributed by atoms with Gasteiger partial charge in [0.05, 0.1) is 0 Å². The van der Waals surface area contributed by atoms with E-state index in [1.54, 1.807) is 0 Å². The van der Waals surface area contributed by atoms with Crippen LogP contribution in [0.25, 0.3) is 0 Å². The van der Waals surface area contributed by atoms with Gasteiger partial charge in [-0.05, 0) is 62.2 Å². The summed E-state index contributed by atoms with van der Waals surface area (Å²) in [6.07, 6.45) is 7.94. The molecule has 0 unspecified atom stereocenters. The van der Waals surface area contributed by atoms with Crippen molar-refractivity contribution in [1.82, 2.24) is 5.32 Å². The SMILES string of the molecule is CCc1ccc(CCCC2CCNCC2)cc1. The lowest BCUT2D eigenvalue weighted by Gasteiger charge is -2.22. The Labute approximate surface area is 106 Å². The van der Waals surface area contributed by atoms with E-state index >= 15 is 0 Å². The third-order valence-corrected chi connectivity index (χ3v) is 3.97. The molecule has 1 heteroatoms. The Bertz CT molecular complexity index is 309. The zero-order chi connectivity index (χ0) is 11.9. The smallest absolute Gasteiger partial charge is 0.00463 e. The van der Waals surface area contributed by atoms with Crippen LogP contribution in [0.4, 0.5) is 0 Å². The number of hydrogen-bond acceptors (Lipinski definition) is 1. The molecule has 17 heavy (non-hydrogen) atoms. The lowest BCUT2D eigenvalue weighted by atomic mass is 9.91. The number of aryl methyl sites for hydroxylation is 2. The first-order valence-electron chi connectivity index (χ1n) is 7.17. The fraction of sp³-hybridized carbons (Fsp3) is 0.625. The number of benzene rings is 1. The van der Waals surface area contributed by atoms with E-state index in [-0.39, 0.29) is 0 Å². The van der Waals surface area contributed by atoms with Gasteiger partial charge in [0.1, 0.15) is 0 Å². The summed E-state index contributed by atoms with van der Waals surface area (Å²) in [4.78, 5) is 0. The van der Waals surface area contributed by atoms with Crippen LogP contribution in [-0.4, -0.2) is 13.1 Å². The van der Waals surface area contributed by atoms with E-state index in [1.165, 1.54) is 56.3 Å². The molecule has 0 bridgehead atoms. The zero-order valence-electron chi connectivity index (χ0n) is 11.0. The second-order valence-electron chi connectivity index (χ2n) is 5.26. The minimum atomic E-state index is 0.978. The minimum Gasteiger partial charge on any atom is -0.317 e. The van der Waals surface area contributed by atoms with Crippen molar-refractivity contribution >= 4 is 0 Å². The first kappa shape index (κ1) is 12.6. The second-order valence-corrected chi connectivity index (χ2v) is 5.26. The van der Waals surface area contributed by atoms with E-state index in [0.717, 1.165) is 12.3 Å². The Kier molecular flexibility index (Phi) is 5.06. The van der Waals surface area contributed by atoms with Crippen LogP contribution in [0.2, 0.25) is 0 Å². The molecule has 1 aliphatic rings. The zero-order valence-corrected chi connectivity index (χ0v) is 11.0. The molecule has 1 nitrogen and oxygen atoms in total. The summed E-state index contributed by atoms with van der Waals surface area (Å²) in [5.41, 5.74) is 2.96. The topological polar surface area (TPSA) is 12.0 Å². The van der Waals surface area contributed by atoms with Gasteiger partial charge in [-0.2, -0.15) is 0 Å². The molecule has 0 aromatic heterocycles. The molecule has 0 spiro atoms. The average molecular weight is 231 g/mol. The van der Waals surface area contributed by atoms with Gasteiger partial charge in [-0.15, -0.1) is 0 Å². The minimum absolute atomic E-state index is 0.978. The molecule has 1 aromatic carbocycles. The first-order valence-corrected chi connectivity index (χ1v) is 7.17. The molecular formula is C16H25N. The van der Waals surface area contributed by atoms with Crippen LogP contribution in [0, 0.1) is 5.92 Å². The van der Waals surface area contributed by atoms with Gasteiger partial charge in [0.25, 0.3) is 0 Å². The number of nitrogens with one attached hydrogen (secondary N) is 1. The van der Waals surface area contributed by atoms with Crippen LogP contribution in [0.5, 0.6) is 0 Å². The Morgan fingerprint density at radius 3 is 2.35 bits per heavy atom. The van der Waals surface area contributed by atoms with E-state index in [4.69, 9.17) is 0 Å². The van der Waals surface area contributed by atoms with Crippen LogP contribution in [0.1, 0.15) is 43.7 Å². The van der Waals surface area contributed by atoms with Gasteiger partial charge in [0.15, 0.2) is 0 Å². The van der Waals surface area contributed by atoms with Crippen molar-refractivity contribution in [2.45, 2.75) is 45.4 Å². The molecule has 1 aromatic rings. The van der Waals surface area contributed by atoms with Gasteiger partial charge < -0.3 is 5.32 Å². The Hall–Kier alpha value is -0.820. The van der Waals surface area contributed by atoms with E-state index in [0.29, 0.717) is 0 Å². The second kappa shape index (κ2) is 6.80. The van der Waals surface area contributed by atoms with Crippen molar-refractivity contribution in [2.24, 2.45) is 5.92 Å². The van der Waals surface area contributed by atoms with Crippen LogP contribution in [0.15, 0.2) is 24.3 Å². The van der Waals surface area contributed by atoms with E-state index in [1.807, 2.05) is 0 Å². The summed E-state index contributed by atoms with van der Waals surface area (Å²) >= 11 is 0. The van der Waals surface area contributed by atoms with Gasteiger partial charge in [-0.25, -0.2) is 0 Å². The van der Waals surface area contributed by atoms with Crippen molar-refractivity contribution in [3.63, 3.8) is 0 Å². The normalized spacial score (nSPS) is 17.2. The predicted molar refractivity (Wildman–Crippen MR) is 74.4 cm³/mol. The summed E-state index contributed by atoms with van der Waals surface area (Å²) in [6, 6.07) is 9.17. The van der Waals surface area contributed by atoms with Gasteiger partial charge in [0, 0.05) is 0 Å². The highest BCUT2D eigenvalue weighted by molar-refractivity contribution is 5.22. The first-order chi connectivity index (χ1) is 8.38. The van der Waals surface area contributed by atoms with Crippen molar-refractivity contribution in [1.29, 1.82) is 0 Å². The molecule has 0 radical (unpaired) electrons. The maximum absolute atomic E-state index is 3.44. The van der Waals surface area contributed by atoms with Gasteiger partial charge in [-0.1, -0.05) is 37.6 Å². The van der Waals surface area contributed by atoms with Gasteiger partial charge in [0.2, 0.25) is 0 Å². The summed E-state index contributed by atoms with van der Waals surface area (Å²) < 4.78 is 0. The highest BCUT2D eigenvalue weighted by Crippen LogP contribution is 2.19. The molecule has 94 valence electrons. The third-order valence-electron chi connectivity index (χ3n) is 3.97. The molecule has 1 aliphatic heterocycles. The maximum Gasteiger partial charge on any atom is -0.00463 e. The van der Waals surface area contributed by atoms with E-state index < -0.39 is 0 Å². The van der Waals surface area contributed by atoms with Crippen molar-refractivity contribution in [3.05, 3.63) is 35.4 Å². The molecule has 0 amide bonds. The average Bonchev–Trinajstić information content (AvgIpc) is 2.41. The van der Waals surface area contributed by atoms with Crippen molar-refractivity contribution in [2.75, 3.05) is 13.1 Å². The van der Waals surface area contributed by atoms with Crippen LogP contribution in [0.3, 0.4) is 0 Å². The van der Waals surface area contributed by atoms with Crippen molar-refractivity contribution in [3.8, 4) is 0 Å². The van der Waals surface area contributed by atoms with Crippen LogP contribution >= 0.6 is 0 Å². The summed E-state index contributed by atoms with van der Waals surface area (Å²) in [6.45, 7) is 4.68. The molecule has 1 saturated heterocycles. The number of rotatable bonds is 5. The van der Waals surface area contributed by atoms with E-state index in [2.05, 4.69) is 36.5 Å². The van der Waals surface area contributed by atoms with Crippen LogP contribution in [-0.2, 0) is 12.8 Å². The summed E-state index contributed by atoms with van der Waals surface area (Å²) in [7, 11) is 0. The standard InChI is InChI=1S/C16H25N/c1-2-14-6-8-15(9-7-14)4-3-5-16-10-12-17-13-11-16/h6-9,16-17H,2-5,10-13H2,1H3. The quantitative estimate of drug-likeness (QED) is 0.817. The Balaban J connectivity index is 1.69. The summed E-state index contributed by atoms with van der Waals surface area (Å²) in [5.74, 6) is 0.978. The number of hydrogen-bond donors (Lipinski definition) is 1. The fourth-order valence-corrected chi connectivity index (χ4v) is 2.71. The van der Waals surface area contributed by atoms with Crippen molar-refractivity contribution < 1.29 is 0 Å². The highest BCUT2D eigenvalue weighted by Gasteiger charge is 2.11. The molecule has 1 heterocycles.